The normalized spacial score (nSPS) is 27.1. The van der Waals surface area contributed by atoms with Gasteiger partial charge in [-0.1, -0.05) is 0 Å². The molecule has 1 unspecified atom stereocenters. The average molecular weight is 204 g/mol. The topological polar surface area (TPSA) is 34.0 Å². The largest absolute Gasteiger partial charge is 0.319 e. The Morgan fingerprint density at radius 1 is 1.53 bits per heavy atom. The maximum Gasteiger partial charge on any atom is 0.250 e. The molecule has 0 aromatic carbocycles. The fourth-order valence-electron chi connectivity index (χ4n) is 2.54. The zero-order valence-electron chi connectivity index (χ0n) is 8.99. The predicted molar refractivity (Wildman–Crippen MR) is 59.0 cm³/mol. The third-order valence-corrected chi connectivity index (χ3v) is 3.81. The molecule has 1 aliphatic heterocycles. The lowest BCUT2D eigenvalue weighted by Crippen LogP contribution is -2.22. The van der Waals surface area contributed by atoms with E-state index in [1.807, 2.05) is 6.20 Å². The molecule has 80 valence electrons. The van der Waals surface area contributed by atoms with Gasteiger partial charge in [0.05, 0.1) is 0 Å². The number of hydrogen-bond acceptors (Lipinski definition) is 2. The van der Waals surface area contributed by atoms with Gasteiger partial charge in [0.25, 0.3) is 5.56 Å². The van der Waals surface area contributed by atoms with Gasteiger partial charge in [-0.15, -0.1) is 0 Å². The Morgan fingerprint density at radius 3 is 2.93 bits per heavy atom. The van der Waals surface area contributed by atoms with Gasteiger partial charge in [-0.05, 0) is 36.8 Å². The van der Waals surface area contributed by atoms with E-state index in [1.165, 1.54) is 24.8 Å². The van der Waals surface area contributed by atoms with Crippen LogP contribution in [0, 0.1) is 0 Å². The summed E-state index contributed by atoms with van der Waals surface area (Å²) in [5, 5.41) is 3.58. The second-order valence-electron chi connectivity index (χ2n) is 4.97. The first-order valence-corrected chi connectivity index (χ1v) is 5.60. The van der Waals surface area contributed by atoms with Crippen LogP contribution < -0.4 is 10.9 Å². The highest BCUT2D eigenvalue weighted by molar-refractivity contribution is 5.23. The lowest BCUT2D eigenvalue weighted by molar-refractivity contribution is 0.594. The molecule has 0 amide bonds. The van der Waals surface area contributed by atoms with E-state index in [0.717, 1.165) is 6.54 Å². The summed E-state index contributed by atoms with van der Waals surface area (Å²) in [6.07, 6.45) is 5.71. The Kier molecular flexibility index (Phi) is 1.80. The van der Waals surface area contributed by atoms with Gasteiger partial charge in [0.15, 0.2) is 0 Å². The number of pyridine rings is 1. The Bertz CT molecular complexity index is 445. The molecule has 0 bridgehead atoms. The summed E-state index contributed by atoms with van der Waals surface area (Å²) in [5.74, 6) is 0.543. The highest BCUT2D eigenvalue weighted by Gasteiger charge is 2.48. The molecule has 1 N–H and O–H groups in total. The predicted octanol–water partition coefficient (Wildman–Crippen LogP) is 0.995. The molecule has 1 aromatic heterocycles. The molecule has 2 fully saturated rings. The Hall–Kier alpha value is -1.09. The van der Waals surface area contributed by atoms with E-state index in [4.69, 9.17) is 0 Å². The van der Waals surface area contributed by atoms with E-state index in [9.17, 15) is 4.79 Å². The molecule has 3 rings (SSSR count). The number of rotatable bonds is 1. The molecule has 3 nitrogen and oxygen atoms in total. The lowest BCUT2D eigenvalue weighted by Gasteiger charge is -2.09. The maximum atomic E-state index is 11.5. The third-order valence-electron chi connectivity index (χ3n) is 3.81. The van der Waals surface area contributed by atoms with Gasteiger partial charge < -0.3 is 9.88 Å². The van der Waals surface area contributed by atoms with Crippen molar-refractivity contribution in [2.75, 3.05) is 6.54 Å². The van der Waals surface area contributed by atoms with Crippen molar-refractivity contribution in [3.05, 3.63) is 34.2 Å². The van der Waals surface area contributed by atoms with E-state index in [-0.39, 0.29) is 5.56 Å². The number of nitrogens with zero attached hydrogens (tertiary/aromatic N) is 1. The molecule has 1 saturated heterocycles. The van der Waals surface area contributed by atoms with Crippen molar-refractivity contribution in [2.24, 2.45) is 7.05 Å². The van der Waals surface area contributed by atoms with Crippen LogP contribution in [0.4, 0.5) is 0 Å². The molecule has 1 aliphatic carbocycles. The van der Waals surface area contributed by atoms with Crippen LogP contribution in [0.5, 0.6) is 0 Å². The number of aryl methyl sites for hydroxylation is 1. The summed E-state index contributed by atoms with van der Waals surface area (Å²) in [6, 6.07) is 3.86. The smallest absolute Gasteiger partial charge is 0.250 e. The Morgan fingerprint density at radius 2 is 2.33 bits per heavy atom. The minimum atomic E-state index is 0.101. The molecule has 1 atom stereocenters. The van der Waals surface area contributed by atoms with Crippen LogP contribution in [0.15, 0.2) is 23.1 Å². The van der Waals surface area contributed by atoms with Crippen molar-refractivity contribution < 1.29 is 0 Å². The van der Waals surface area contributed by atoms with Gasteiger partial charge in [0.1, 0.15) is 0 Å². The average Bonchev–Trinajstić information content (AvgIpc) is 2.82. The van der Waals surface area contributed by atoms with Gasteiger partial charge in [0.2, 0.25) is 0 Å². The monoisotopic (exact) mass is 204 g/mol. The van der Waals surface area contributed by atoms with Crippen molar-refractivity contribution in [1.82, 2.24) is 9.88 Å². The van der Waals surface area contributed by atoms with Gasteiger partial charge in [-0.25, -0.2) is 0 Å². The number of hydrogen-bond donors (Lipinski definition) is 1. The lowest BCUT2D eigenvalue weighted by atomic mass is 9.96. The van der Waals surface area contributed by atoms with E-state index in [1.54, 1.807) is 17.7 Å². The van der Waals surface area contributed by atoms with Crippen LogP contribution in [-0.4, -0.2) is 16.7 Å². The maximum absolute atomic E-state index is 11.5. The summed E-state index contributed by atoms with van der Waals surface area (Å²) in [6.45, 7) is 1.03. The van der Waals surface area contributed by atoms with Crippen molar-refractivity contribution in [3.8, 4) is 0 Å². The van der Waals surface area contributed by atoms with E-state index in [2.05, 4.69) is 11.4 Å². The molecular formula is C12H16N2O. The summed E-state index contributed by atoms with van der Waals surface area (Å²) >= 11 is 0. The Labute approximate surface area is 89.1 Å². The molecule has 15 heavy (non-hydrogen) atoms. The molecule has 1 spiro atoms. The van der Waals surface area contributed by atoms with Crippen LogP contribution in [0.3, 0.4) is 0 Å². The zero-order valence-corrected chi connectivity index (χ0v) is 8.99. The van der Waals surface area contributed by atoms with Gasteiger partial charge >= 0.3 is 0 Å². The first kappa shape index (κ1) is 9.16. The summed E-state index contributed by atoms with van der Waals surface area (Å²) in [7, 11) is 1.79. The van der Waals surface area contributed by atoms with Gasteiger partial charge in [-0.2, -0.15) is 0 Å². The standard InChI is InChI=1S/C12H16N2O/c1-14-5-2-9(6-11(14)15)10-7-12(3-4-12)13-8-10/h2,5-6,10,13H,3-4,7-8H2,1H3. The summed E-state index contributed by atoms with van der Waals surface area (Å²) in [5.41, 5.74) is 1.75. The van der Waals surface area contributed by atoms with Gasteiger partial charge in [0, 0.05) is 31.4 Å². The van der Waals surface area contributed by atoms with Crippen molar-refractivity contribution >= 4 is 0 Å². The Balaban J connectivity index is 1.87. The SMILES string of the molecule is Cn1ccc(C2CNC3(CC3)C2)cc1=O. The van der Waals surface area contributed by atoms with Crippen LogP contribution >= 0.6 is 0 Å². The molecule has 3 heteroatoms. The summed E-state index contributed by atoms with van der Waals surface area (Å²) in [4.78, 5) is 11.5. The minimum Gasteiger partial charge on any atom is -0.319 e. The quantitative estimate of drug-likeness (QED) is 0.740. The van der Waals surface area contributed by atoms with Gasteiger partial charge in [-0.3, -0.25) is 4.79 Å². The van der Waals surface area contributed by atoms with Crippen LogP contribution in [0.2, 0.25) is 0 Å². The van der Waals surface area contributed by atoms with E-state index >= 15 is 0 Å². The van der Waals surface area contributed by atoms with E-state index in [0.29, 0.717) is 11.5 Å². The number of nitrogens with one attached hydrogen (secondary N) is 1. The van der Waals surface area contributed by atoms with Crippen LogP contribution in [-0.2, 0) is 7.05 Å². The fraction of sp³-hybridized carbons (Fsp3) is 0.583. The summed E-state index contributed by atoms with van der Waals surface area (Å²) < 4.78 is 1.62. The molecule has 2 aliphatic rings. The minimum absolute atomic E-state index is 0.101. The van der Waals surface area contributed by atoms with Crippen molar-refractivity contribution in [3.63, 3.8) is 0 Å². The first-order chi connectivity index (χ1) is 7.19. The van der Waals surface area contributed by atoms with Crippen molar-refractivity contribution in [1.29, 1.82) is 0 Å². The highest BCUT2D eigenvalue weighted by Crippen LogP contribution is 2.47. The molecular weight excluding hydrogens is 188 g/mol. The third kappa shape index (κ3) is 1.51. The zero-order chi connectivity index (χ0) is 10.5. The van der Waals surface area contributed by atoms with E-state index < -0.39 is 0 Å². The fourth-order valence-corrected chi connectivity index (χ4v) is 2.54. The van der Waals surface area contributed by atoms with Crippen LogP contribution in [0.25, 0.3) is 0 Å². The number of aromatic nitrogens is 1. The highest BCUT2D eigenvalue weighted by atomic mass is 16.1. The molecule has 2 heterocycles. The first-order valence-electron chi connectivity index (χ1n) is 5.60. The van der Waals surface area contributed by atoms with Crippen molar-refractivity contribution in [2.45, 2.75) is 30.7 Å². The molecule has 0 radical (unpaired) electrons. The molecule has 1 saturated carbocycles. The molecule has 1 aromatic rings. The second-order valence-corrected chi connectivity index (χ2v) is 4.97. The second kappa shape index (κ2) is 2.95. The van der Waals surface area contributed by atoms with Crippen LogP contribution in [0.1, 0.15) is 30.7 Å².